The number of nitrogens with zero attached hydrogens (tertiary/aromatic N) is 3. The number of aryl methyl sites for hydroxylation is 1. The molecule has 1 amide bonds. The highest BCUT2D eigenvalue weighted by atomic mass is 32.1. The molecule has 0 N–H and O–H groups in total. The van der Waals surface area contributed by atoms with Crippen LogP contribution in [0.25, 0.3) is 0 Å². The third-order valence-electron chi connectivity index (χ3n) is 2.60. The van der Waals surface area contributed by atoms with E-state index in [0.717, 1.165) is 16.3 Å². The summed E-state index contributed by atoms with van der Waals surface area (Å²) in [5, 5.41) is 3.02. The zero-order valence-electron chi connectivity index (χ0n) is 10.5. The molecule has 2 aromatic rings. The average molecular weight is 261 g/mol. The molecule has 0 aliphatic rings. The quantitative estimate of drug-likeness (QED) is 0.846. The number of rotatable bonds is 4. The van der Waals surface area contributed by atoms with Crippen LogP contribution in [0.2, 0.25) is 0 Å². The summed E-state index contributed by atoms with van der Waals surface area (Å²) in [5.74, 6) is 0.0897. The second-order valence-electron chi connectivity index (χ2n) is 4.14. The van der Waals surface area contributed by atoms with Crippen molar-refractivity contribution in [1.29, 1.82) is 0 Å². The summed E-state index contributed by atoms with van der Waals surface area (Å²) in [6, 6.07) is 3.72. The fourth-order valence-electron chi connectivity index (χ4n) is 1.62. The third-order valence-corrected chi connectivity index (χ3v) is 3.42. The Balaban J connectivity index is 1.93. The predicted molar refractivity (Wildman–Crippen MR) is 71.3 cm³/mol. The van der Waals surface area contributed by atoms with Gasteiger partial charge in [0.2, 0.25) is 5.91 Å². The van der Waals surface area contributed by atoms with E-state index in [4.69, 9.17) is 0 Å². The fraction of sp³-hybridized carbons (Fsp3) is 0.308. The van der Waals surface area contributed by atoms with E-state index in [1.807, 2.05) is 24.4 Å². The maximum atomic E-state index is 12.0. The van der Waals surface area contributed by atoms with Gasteiger partial charge in [-0.3, -0.25) is 9.78 Å². The minimum Gasteiger partial charge on any atom is -0.340 e. The highest BCUT2D eigenvalue weighted by Crippen LogP contribution is 2.10. The number of carbonyl (C=O) groups excluding carboxylic acids is 1. The lowest BCUT2D eigenvalue weighted by Crippen LogP contribution is -2.27. The number of hydrogen-bond donors (Lipinski definition) is 0. The number of amides is 1. The van der Waals surface area contributed by atoms with Gasteiger partial charge in [0.25, 0.3) is 0 Å². The van der Waals surface area contributed by atoms with Crippen molar-refractivity contribution in [3.8, 4) is 0 Å². The molecule has 2 aromatic heterocycles. The van der Waals surface area contributed by atoms with E-state index in [0.29, 0.717) is 13.0 Å². The predicted octanol–water partition coefficient (Wildman–Crippen LogP) is 2.05. The molecule has 0 fully saturated rings. The highest BCUT2D eigenvalue weighted by Gasteiger charge is 2.11. The van der Waals surface area contributed by atoms with E-state index >= 15 is 0 Å². The SMILES string of the molecule is Cc1nc(CN(C)C(=O)Cc2ccncc2)cs1. The van der Waals surface area contributed by atoms with Crippen LogP contribution in [-0.2, 0) is 17.8 Å². The monoisotopic (exact) mass is 261 g/mol. The summed E-state index contributed by atoms with van der Waals surface area (Å²) in [6.45, 7) is 2.53. The fourth-order valence-corrected chi connectivity index (χ4v) is 2.23. The molecule has 0 aliphatic heterocycles. The molecule has 2 rings (SSSR count). The van der Waals surface area contributed by atoms with Crippen LogP contribution in [-0.4, -0.2) is 27.8 Å². The summed E-state index contributed by atoms with van der Waals surface area (Å²) < 4.78 is 0. The number of carbonyl (C=O) groups is 1. The Kier molecular flexibility index (Phi) is 4.04. The summed E-state index contributed by atoms with van der Waals surface area (Å²) in [4.78, 5) is 22.0. The van der Waals surface area contributed by atoms with Crippen molar-refractivity contribution in [2.24, 2.45) is 0 Å². The van der Waals surface area contributed by atoms with Gasteiger partial charge < -0.3 is 4.90 Å². The van der Waals surface area contributed by atoms with Gasteiger partial charge >= 0.3 is 0 Å². The zero-order valence-corrected chi connectivity index (χ0v) is 11.3. The maximum Gasteiger partial charge on any atom is 0.227 e. The highest BCUT2D eigenvalue weighted by molar-refractivity contribution is 7.09. The smallest absolute Gasteiger partial charge is 0.227 e. The van der Waals surface area contributed by atoms with Crippen molar-refractivity contribution in [1.82, 2.24) is 14.9 Å². The summed E-state index contributed by atoms with van der Waals surface area (Å²) in [6.07, 6.45) is 3.81. The molecular formula is C13H15N3OS. The Bertz CT molecular complexity index is 524. The molecule has 5 heteroatoms. The standard InChI is InChI=1S/C13H15N3OS/c1-10-15-12(9-18-10)8-16(2)13(17)7-11-3-5-14-6-4-11/h3-6,9H,7-8H2,1-2H3. The van der Waals surface area contributed by atoms with Crippen LogP contribution in [0.5, 0.6) is 0 Å². The van der Waals surface area contributed by atoms with Crippen LogP contribution in [0.3, 0.4) is 0 Å². The summed E-state index contributed by atoms with van der Waals surface area (Å²) >= 11 is 1.60. The molecule has 0 saturated carbocycles. The van der Waals surface area contributed by atoms with Crippen LogP contribution in [0, 0.1) is 6.92 Å². The molecular weight excluding hydrogens is 246 g/mol. The lowest BCUT2D eigenvalue weighted by molar-refractivity contribution is -0.129. The normalized spacial score (nSPS) is 10.3. The average Bonchev–Trinajstić information content (AvgIpc) is 2.76. The van der Waals surface area contributed by atoms with Crippen LogP contribution < -0.4 is 0 Å². The van der Waals surface area contributed by atoms with Gasteiger partial charge in [-0.25, -0.2) is 4.98 Å². The van der Waals surface area contributed by atoms with Crippen molar-refractivity contribution in [3.05, 3.63) is 46.2 Å². The molecule has 0 radical (unpaired) electrons. The molecule has 0 unspecified atom stereocenters. The number of hydrogen-bond acceptors (Lipinski definition) is 4. The van der Waals surface area contributed by atoms with Gasteiger partial charge in [-0.2, -0.15) is 0 Å². The summed E-state index contributed by atoms with van der Waals surface area (Å²) in [7, 11) is 1.80. The molecule has 0 atom stereocenters. The molecule has 0 spiro atoms. The van der Waals surface area contributed by atoms with Crippen molar-refractivity contribution in [2.75, 3.05) is 7.05 Å². The van der Waals surface area contributed by atoms with E-state index in [9.17, 15) is 4.79 Å². The number of thiazole rings is 1. The molecule has 0 aromatic carbocycles. The first-order valence-corrected chi connectivity index (χ1v) is 6.57. The van der Waals surface area contributed by atoms with Crippen LogP contribution in [0.4, 0.5) is 0 Å². The Hall–Kier alpha value is -1.75. The van der Waals surface area contributed by atoms with E-state index in [-0.39, 0.29) is 5.91 Å². The first-order valence-electron chi connectivity index (χ1n) is 5.69. The van der Waals surface area contributed by atoms with Gasteiger partial charge in [0, 0.05) is 24.8 Å². The number of aromatic nitrogens is 2. The molecule has 4 nitrogen and oxygen atoms in total. The Morgan fingerprint density at radius 3 is 2.72 bits per heavy atom. The van der Waals surface area contributed by atoms with Gasteiger partial charge in [-0.15, -0.1) is 11.3 Å². The number of likely N-dealkylation sites (N-methyl/N-ethyl adjacent to an activating group) is 1. The van der Waals surface area contributed by atoms with E-state index in [1.165, 1.54) is 0 Å². The van der Waals surface area contributed by atoms with Crippen LogP contribution >= 0.6 is 11.3 Å². The van der Waals surface area contributed by atoms with Gasteiger partial charge in [0.05, 0.1) is 23.7 Å². The number of pyridine rings is 1. The molecule has 18 heavy (non-hydrogen) atoms. The molecule has 0 bridgehead atoms. The first-order chi connectivity index (χ1) is 8.65. The molecule has 94 valence electrons. The Morgan fingerprint density at radius 1 is 1.39 bits per heavy atom. The van der Waals surface area contributed by atoms with Crippen molar-refractivity contribution >= 4 is 17.2 Å². The van der Waals surface area contributed by atoms with E-state index < -0.39 is 0 Å². The van der Waals surface area contributed by atoms with E-state index in [2.05, 4.69) is 9.97 Å². The zero-order chi connectivity index (χ0) is 13.0. The van der Waals surface area contributed by atoms with Crippen LogP contribution in [0.1, 0.15) is 16.3 Å². The second-order valence-corrected chi connectivity index (χ2v) is 5.20. The first kappa shape index (κ1) is 12.7. The van der Waals surface area contributed by atoms with Gasteiger partial charge in [-0.1, -0.05) is 0 Å². The summed E-state index contributed by atoms with van der Waals surface area (Å²) in [5.41, 5.74) is 1.93. The topological polar surface area (TPSA) is 46.1 Å². The maximum absolute atomic E-state index is 12.0. The molecule has 2 heterocycles. The van der Waals surface area contributed by atoms with Crippen LogP contribution in [0.15, 0.2) is 29.9 Å². The molecule has 0 aliphatic carbocycles. The lowest BCUT2D eigenvalue weighted by atomic mass is 10.2. The van der Waals surface area contributed by atoms with Crippen molar-refractivity contribution in [2.45, 2.75) is 19.9 Å². The van der Waals surface area contributed by atoms with Gasteiger partial charge in [-0.05, 0) is 24.6 Å². The third kappa shape index (κ3) is 3.37. The Morgan fingerprint density at radius 2 is 2.11 bits per heavy atom. The molecule has 0 saturated heterocycles. The lowest BCUT2D eigenvalue weighted by Gasteiger charge is -2.15. The second kappa shape index (κ2) is 5.73. The Labute approximate surface area is 110 Å². The minimum atomic E-state index is 0.0897. The van der Waals surface area contributed by atoms with Gasteiger partial charge in [0.1, 0.15) is 0 Å². The largest absolute Gasteiger partial charge is 0.340 e. The van der Waals surface area contributed by atoms with Crippen molar-refractivity contribution < 1.29 is 4.79 Å². The van der Waals surface area contributed by atoms with E-state index in [1.54, 1.807) is 35.7 Å². The van der Waals surface area contributed by atoms with Gasteiger partial charge in [0.15, 0.2) is 0 Å². The van der Waals surface area contributed by atoms with Crippen molar-refractivity contribution in [3.63, 3.8) is 0 Å². The minimum absolute atomic E-state index is 0.0897.